The summed E-state index contributed by atoms with van der Waals surface area (Å²) < 4.78 is 0. The van der Waals surface area contributed by atoms with Gasteiger partial charge in [0.05, 0.1) is 12.5 Å². The van der Waals surface area contributed by atoms with Gasteiger partial charge in [0.2, 0.25) is 11.8 Å². The molecule has 1 atom stereocenters. The number of likely N-dealkylation sites (tertiary alicyclic amines) is 1. The van der Waals surface area contributed by atoms with E-state index in [0.717, 1.165) is 5.56 Å². The Morgan fingerprint density at radius 2 is 1.89 bits per heavy atom. The average molecular weight is 375 g/mol. The quantitative estimate of drug-likeness (QED) is 0.762. The zero-order valence-electron chi connectivity index (χ0n) is 15.6. The number of hydrogen-bond acceptors (Lipinski definition) is 4. The van der Waals surface area contributed by atoms with Crippen LogP contribution in [0.25, 0.3) is 0 Å². The maximum Gasteiger partial charge on any atom is 0.308 e. The van der Waals surface area contributed by atoms with E-state index in [4.69, 9.17) is 5.11 Å². The molecule has 0 aliphatic carbocycles. The van der Waals surface area contributed by atoms with Gasteiger partial charge in [-0.15, -0.1) is 0 Å². The molecule has 0 spiro atoms. The van der Waals surface area contributed by atoms with Gasteiger partial charge in [-0.05, 0) is 30.5 Å². The first kappa shape index (κ1) is 20.4. The van der Waals surface area contributed by atoms with Crippen molar-refractivity contribution >= 4 is 23.7 Å². The summed E-state index contributed by atoms with van der Waals surface area (Å²) in [5, 5.41) is 11.8. The van der Waals surface area contributed by atoms with Crippen LogP contribution in [0.1, 0.15) is 35.7 Å². The van der Waals surface area contributed by atoms with E-state index < -0.39 is 11.9 Å². The smallest absolute Gasteiger partial charge is 0.308 e. The average Bonchev–Trinajstić information content (AvgIpc) is 2.66. The zero-order chi connectivity index (χ0) is 20.0. The van der Waals surface area contributed by atoms with Gasteiger partial charge in [-0.1, -0.05) is 12.1 Å². The second kappa shape index (κ2) is 9.16. The molecule has 0 bridgehead atoms. The Morgan fingerprint density at radius 3 is 2.48 bits per heavy atom. The summed E-state index contributed by atoms with van der Waals surface area (Å²) in [6.45, 7) is 2.43. The highest BCUT2D eigenvalue weighted by Crippen LogP contribution is 2.17. The fraction of sp³-hybridized carbons (Fsp3) is 0.474. The third-order valence-corrected chi connectivity index (χ3v) is 4.58. The van der Waals surface area contributed by atoms with Gasteiger partial charge in [-0.2, -0.15) is 0 Å². The number of aliphatic carboxylic acids is 1. The summed E-state index contributed by atoms with van der Waals surface area (Å²) in [6.07, 6.45) is 1.22. The first-order valence-electron chi connectivity index (χ1n) is 8.87. The van der Waals surface area contributed by atoms with Crippen LogP contribution in [-0.4, -0.2) is 65.3 Å². The highest BCUT2D eigenvalue weighted by molar-refractivity contribution is 5.96. The van der Waals surface area contributed by atoms with E-state index in [9.17, 15) is 19.2 Å². The molecular formula is C19H25N3O5. The Labute approximate surface area is 158 Å². The molecule has 0 aromatic heterocycles. The molecule has 1 aromatic rings. The number of benzene rings is 1. The molecule has 1 fully saturated rings. The predicted octanol–water partition coefficient (Wildman–Crippen LogP) is 0.718. The molecule has 1 aliphatic rings. The van der Waals surface area contributed by atoms with Gasteiger partial charge in [0.15, 0.2) is 0 Å². The number of piperidine rings is 1. The van der Waals surface area contributed by atoms with Crippen molar-refractivity contribution in [2.75, 3.05) is 26.7 Å². The molecule has 1 saturated heterocycles. The van der Waals surface area contributed by atoms with E-state index in [1.165, 1.54) is 16.7 Å². The number of amides is 3. The third-order valence-electron chi connectivity index (χ3n) is 4.58. The van der Waals surface area contributed by atoms with E-state index in [1.54, 1.807) is 31.3 Å². The molecule has 0 radical (unpaired) electrons. The first-order chi connectivity index (χ1) is 12.8. The van der Waals surface area contributed by atoms with Gasteiger partial charge in [-0.3, -0.25) is 19.2 Å². The van der Waals surface area contributed by atoms with Crippen LogP contribution in [0.3, 0.4) is 0 Å². The standard InChI is InChI=1S/C19H25N3O5/c1-13(23)20-10-14-5-7-15(8-6-14)18(25)21(2)12-17(24)22-9-3-4-16(11-22)19(26)27/h5-8,16H,3-4,9-12H2,1-2H3,(H,20,23)(H,26,27). The number of carbonyl (C=O) groups excluding carboxylic acids is 3. The number of carboxylic acids is 1. The molecule has 2 rings (SSSR count). The molecule has 3 amide bonds. The van der Waals surface area contributed by atoms with Crippen molar-refractivity contribution < 1.29 is 24.3 Å². The Hall–Kier alpha value is -2.90. The summed E-state index contributed by atoms with van der Waals surface area (Å²) in [5.74, 6) is -2.10. The lowest BCUT2D eigenvalue weighted by Gasteiger charge is -2.32. The van der Waals surface area contributed by atoms with Crippen molar-refractivity contribution in [3.63, 3.8) is 0 Å². The van der Waals surface area contributed by atoms with Crippen LogP contribution in [-0.2, 0) is 20.9 Å². The number of rotatable bonds is 6. The topological polar surface area (TPSA) is 107 Å². The molecule has 8 heteroatoms. The number of likely N-dealkylation sites (N-methyl/N-ethyl adjacent to an activating group) is 1. The van der Waals surface area contributed by atoms with Gasteiger partial charge >= 0.3 is 5.97 Å². The number of carbonyl (C=O) groups is 4. The molecule has 27 heavy (non-hydrogen) atoms. The van der Waals surface area contributed by atoms with E-state index in [1.807, 2.05) is 0 Å². The summed E-state index contributed by atoms with van der Waals surface area (Å²) in [6, 6.07) is 6.81. The maximum atomic E-state index is 12.5. The predicted molar refractivity (Wildman–Crippen MR) is 97.9 cm³/mol. The molecule has 146 valence electrons. The van der Waals surface area contributed by atoms with Crippen molar-refractivity contribution in [3.8, 4) is 0 Å². The van der Waals surface area contributed by atoms with Gasteiger partial charge < -0.3 is 20.2 Å². The molecule has 1 heterocycles. The Morgan fingerprint density at radius 1 is 1.22 bits per heavy atom. The summed E-state index contributed by atoms with van der Waals surface area (Å²) in [4.78, 5) is 49.8. The fourth-order valence-corrected chi connectivity index (χ4v) is 2.99. The molecule has 1 aliphatic heterocycles. The second-order valence-electron chi connectivity index (χ2n) is 6.79. The molecular weight excluding hydrogens is 350 g/mol. The van der Waals surface area contributed by atoms with E-state index in [-0.39, 0.29) is 30.8 Å². The summed E-state index contributed by atoms with van der Waals surface area (Å²) in [5.41, 5.74) is 1.31. The van der Waals surface area contributed by atoms with Crippen LogP contribution < -0.4 is 5.32 Å². The highest BCUT2D eigenvalue weighted by Gasteiger charge is 2.29. The van der Waals surface area contributed by atoms with Crippen molar-refractivity contribution in [2.24, 2.45) is 5.92 Å². The van der Waals surface area contributed by atoms with Crippen molar-refractivity contribution in [1.82, 2.24) is 15.1 Å². The van der Waals surface area contributed by atoms with Crippen molar-refractivity contribution in [3.05, 3.63) is 35.4 Å². The lowest BCUT2D eigenvalue weighted by atomic mass is 9.98. The van der Waals surface area contributed by atoms with Crippen LogP contribution in [0, 0.1) is 5.92 Å². The summed E-state index contributed by atoms with van der Waals surface area (Å²) >= 11 is 0. The monoisotopic (exact) mass is 375 g/mol. The van der Waals surface area contributed by atoms with Gasteiger partial charge in [0.25, 0.3) is 5.91 Å². The van der Waals surface area contributed by atoms with E-state index in [2.05, 4.69) is 5.32 Å². The fourth-order valence-electron chi connectivity index (χ4n) is 2.99. The lowest BCUT2D eigenvalue weighted by Crippen LogP contribution is -2.46. The largest absolute Gasteiger partial charge is 0.481 e. The molecule has 1 unspecified atom stereocenters. The number of hydrogen-bond donors (Lipinski definition) is 2. The molecule has 1 aromatic carbocycles. The SMILES string of the molecule is CC(=O)NCc1ccc(C(=O)N(C)CC(=O)N2CCCC(C(=O)O)C2)cc1. The Balaban J connectivity index is 1.91. The lowest BCUT2D eigenvalue weighted by molar-refractivity contribution is -0.145. The molecule has 2 N–H and O–H groups in total. The number of nitrogens with one attached hydrogen (secondary N) is 1. The normalized spacial score (nSPS) is 16.5. The number of carboxylic acid groups (broad SMARTS) is 1. The summed E-state index contributed by atoms with van der Waals surface area (Å²) in [7, 11) is 1.55. The highest BCUT2D eigenvalue weighted by atomic mass is 16.4. The minimum absolute atomic E-state index is 0.0984. The maximum absolute atomic E-state index is 12.5. The third kappa shape index (κ3) is 5.80. The Kier molecular flexibility index (Phi) is 6.92. The second-order valence-corrected chi connectivity index (χ2v) is 6.79. The van der Waals surface area contributed by atoms with Crippen molar-refractivity contribution in [1.29, 1.82) is 0 Å². The molecule has 8 nitrogen and oxygen atoms in total. The van der Waals surface area contributed by atoms with Crippen LogP contribution in [0.5, 0.6) is 0 Å². The minimum Gasteiger partial charge on any atom is -0.481 e. The minimum atomic E-state index is -0.892. The van der Waals surface area contributed by atoms with Crippen LogP contribution in [0.4, 0.5) is 0 Å². The molecule has 0 saturated carbocycles. The van der Waals surface area contributed by atoms with E-state index in [0.29, 0.717) is 31.5 Å². The van der Waals surface area contributed by atoms with Crippen LogP contribution in [0.15, 0.2) is 24.3 Å². The van der Waals surface area contributed by atoms with Gasteiger partial charge in [0.1, 0.15) is 0 Å². The van der Waals surface area contributed by atoms with Crippen LogP contribution >= 0.6 is 0 Å². The van der Waals surface area contributed by atoms with E-state index >= 15 is 0 Å². The van der Waals surface area contributed by atoms with Gasteiger partial charge in [-0.25, -0.2) is 0 Å². The Bertz CT molecular complexity index is 717. The van der Waals surface area contributed by atoms with Crippen LogP contribution in [0.2, 0.25) is 0 Å². The zero-order valence-corrected chi connectivity index (χ0v) is 15.6. The van der Waals surface area contributed by atoms with Crippen molar-refractivity contribution in [2.45, 2.75) is 26.3 Å². The van der Waals surface area contributed by atoms with Gasteiger partial charge in [0, 0.05) is 39.2 Å². The number of nitrogens with zero attached hydrogens (tertiary/aromatic N) is 2. The first-order valence-corrected chi connectivity index (χ1v) is 8.87.